The predicted octanol–water partition coefficient (Wildman–Crippen LogP) is 5.70. The molecule has 3 rings (SSSR count). The van der Waals surface area contributed by atoms with Crippen LogP contribution in [-0.4, -0.2) is 21.7 Å². The van der Waals surface area contributed by atoms with Crippen LogP contribution in [0.1, 0.15) is 83.4 Å². The van der Waals surface area contributed by atoms with E-state index in [1.165, 1.54) is 44.9 Å². The summed E-state index contributed by atoms with van der Waals surface area (Å²) in [6, 6.07) is 8.76. The Bertz CT molecular complexity index is 841. The number of carboxylic acid groups (broad SMARTS) is 1. The molecule has 1 saturated carbocycles. The minimum Gasteiger partial charge on any atom is -0.478 e. The molecule has 0 amide bonds. The third kappa shape index (κ3) is 5.18. The summed E-state index contributed by atoms with van der Waals surface area (Å²) in [5, 5.41) is 13.6. The fourth-order valence-electron chi connectivity index (χ4n) is 4.53. The molecule has 0 bridgehead atoms. The van der Waals surface area contributed by atoms with Crippen LogP contribution in [0.5, 0.6) is 0 Å². The van der Waals surface area contributed by atoms with Crippen LogP contribution in [0, 0.1) is 13.8 Å². The van der Waals surface area contributed by atoms with E-state index in [0.29, 0.717) is 24.7 Å². The molecule has 1 heterocycles. The summed E-state index contributed by atoms with van der Waals surface area (Å²) in [6.07, 6.45) is 10.7. The third-order valence-corrected chi connectivity index (χ3v) is 6.35. The number of carboxylic acids is 1. The Morgan fingerprint density at radius 3 is 2.31 bits per heavy atom. The molecule has 0 saturated heterocycles. The van der Waals surface area contributed by atoms with Gasteiger partial charge in [0.05, 0.1) is 5.56 Å². The van der Waals surface area contributed by atoms with Gasteiger partial charge in [-0.1, -0.05) is 69.0 Å². The molecule has 156 valence electrons. The third-order valence-electron chi connectivity index (χ3n) is 6.35. The monoisotopic (exact) mass is 394 g/mol. The van der Waals surface area contributed by atoms with Gasteiger partial charge in [-0.2, -0.15) is 0 Å². The van der Waals surface area contributed by atoms with Crippen LogP contribution in [0.15, 0.2) is 30.8 Å². The summed E-state index contributed by atoms with van der Waals surface area (Å²) in [5.41, 5.74) is 5.52. The van der Waals surface area contributed by atoms with Crippen LogP contribution in [0.3, 0.4) is 0 Å². The number of aromatic carboxylic acids is 1. The summed E-state index contributed by atoms with van der Waals surface area (Å²) < 4.78 is 2.14. The molecule has 2 aromatic rings. The average molecular weight is 395 g/mol. The summed E-state index contributed by atoms with van der Waals surface area (Å²) in [5.74, 6) is -0.833. The number of rotatable bonds is 7. The van der Waals surface area contributed by atoms with Gasteiger partial charge in [-0.3, -0.25) is 0 Å². The van der Waals surface area contributed by atoms with Crippen molar-refractivity contribution in [3.05, 3.63) is 64.5 Å². The normalized spacial score (nSPS) is 15.7. The number of carbonyl (C=O) groups is 1. The molecule has 1 aliphatic carbocycles. The largest absolute Gasteiger partial charge is 0.478 e. The van der Waals surface area contributed by atoms with Crippen molar-refractivity contribution in [3.63, 3.8) is 0 Å². The van der Waals surface area contributed by atoms with Crippen LogP contribution in [0.2, 0.25) is 0 Å². The number of nitrogens with one attached hydrogen (secondary N) is 1. The van der Waals surface area contributed by atoms with Crippen molar-refractivity contribution in [2.24, 2.45) is 0 Å². The SMILES string of the molecule is C=Cc1ccc(Cn2c(C)c(CNC3CCCCCCC3)c(C(=O)O)c2C)cc1. The van der Waals surface area contributed by atoms with Gasteiger partial charge in [0.15, 0.2) is 0 Å². The fraction of sp³-hybridized carbons (Fsp3) is 0.480. The molecule has 29 heavy (non-hydrogen) atoms. The number of nitrogens with zero attached hydrogens (tertiary/aromatic N) is 1. The molecular formula is C25H34N2O2. The first-order valence-electron chi connectivity index (χ1n) is 10.9. The molecule has 1 fully saturated rings. The Labute approximate surface area is 174 Å². The number of hydrogen-bond donors (Lipinski definition) is 2. The lowest BCUT2D eigenvalue weighted by atomic mass is 9.96. The molecule has 0 unspecified atom stereocenters. The highest BCUT2D eigenvalue weighted by Gasteiger charge is 2.23. The first-order chi connectivity index (χ1) is 14.0. The van der Waals surface area contributed by atoms with Crippen molar-refractivity contribution < 1.29 is 9.90 Å². The van der Waals surface area contributed by atoms with E-state index in [2.05, 4.69) is 28.6 Å². The highest BCUT2D eigenvalue weighted by atomic mass is 16.4. The molecule has 4 heteroatoms. The Kier molecular flexibility index (Phi) is 7.32. The highest BCUT2D eigenvalue weighted by molar-refractivity contribution is 5.91. The van der Waals surface area contributed by atoms with Crippen LogP contribution in [0.4, 0.5) is 0 Å². The first kappa shape index (κ1) is 21.4. The number of benzene rings is 1. The molecule has 0 aliphatic heterocycles. The quantitative estimate of drug-likeness (QED) is 0.633. The van der Waals surface area contributed by atoms with Crippen molar-refractivity contribution in [2.45, 2.75) is 77.9 Å². The molecule has 1 aromatic heterocycles. The van der Waals surface area contributed by atoms with Crippen molar-refractivity contribution in [3.8, 4) is 0 Å². The fourth-order valence-corrected chi connectivity index (χ4v) is 4.53. The Hall–Kier alpha value is -2.33. The molecule has 1 aromatic carbocycles. The van der Waals surface area contributed by atoms with Crippen LogP contribution >= 0.6 is 0 Å². The van der Waals surface area contributed by atoms with Crippen LogP contribution in [-0.2, 0) is 13.1 Å². The average Bonchev–Trinajstić information content (AvgIpc) is 2.92. The Morgan fingerprint density at radius 2 is 1.72 bits per heavy atom. The van der Waals surface area contributed by atoms with Gasteiger partial charge >= 0.3 is 5.97 Å². The maximum absolute atomic E-state index is 12.0. The maximum Gasteiger partial charge on any atom is 0.337 e. The molecule has 2 N–H and O–H groups in total. The molecule has 1 aliphatic rings. The van der Waals surface area contributed by atoms with Gasteiger partial charge in [0.25, 0.3) is 0 Å². The standard InChI is InChI=1S/C25H34N2O2/c1-4-20-12-14-21(15-13-20)17-27-18(2)23(24(19(27)3)25(28)29)16-26-22-10-8-6-5-7-9-11-22/h4,12-15,22,26H,1,5-11,16-17H2,2-3H3,(H,28,29). The van der Waals surface area contributed by atoms with Crippen LogP contribution < -0.4 is 5.32 Å². The summed E-state index contributed by atoms with van der Waals surface area (Å²) >= 11 is 0. The van der Waals surface area contributed by atoms with E-state index in [-0.39, 0.29) is 0 Å². The minimum atomic E-state index is -0.833. The van der Waals surface area contributed by atoms with E-state index >= 15 is 0 Å². The maximum atomic E-state index is 12.0. The van der Waals surface area contributed by atoms with E-state index in [1.807, 2.05) is 32.1 Å². The minimum absolute atomic E-state index is 0.462. The van der Waals surface area contributed by atoms with Crippen molar-refractivity contribution in [1.29, 1.82) is 0 Å². The van der Waals surface area contributed by atoms with Crippen molar-refractivity contribution in [1.82, 2.24) is 9.88 Å². The number of hydrogen-bond acceptors (Lipinski definition) is 2. The smallest absolute Gasteiger partial charge is 0.337 e. The zero-order valence-corrected chi connectivity index (χ0v) is 17.8. The van der Waals surface area contributed by atoms with Gasteiger partial charge in [0, 0.05) is 36.1 Å². The van der Waals surface area contributed by atoms with Gasteiger partial charge in [0.1, 0.15) is 0 Å². The van der Waals surface area contributed by atoms with E-state index < -0.39 is 5.97 Å². The predicted molar refractivity (Wildman–Crippen MR) is 119 cm³/mol. The Balaban J connectivity index is 1.81. The van der Waals surface area contributed by atoms with E-state index in [9.17, 15) is 9.90 Å². The molecule has 4 nitrogen and oxygen atoms in total. The lowest BCUT2D eigenvalue weighted by Gasteiger charge is -2.21. The van der Waals surface area contributed by atoms with E-state index in [1.54, 1.807) is 0 Å². The number of aromatic nitrogens is 1. The van der Waals surface area contributed by atoms with E-state index in [0.717, 1.165) is 28.1 Å². The van der Waals surface area contributed by atoms with Gasteiger partial charge in [-0.05, 0) is 37.8 Å². The van der Waals surface area contributed by atoms with Gasteiger partial charge in [0.2, 0.25) is 0 Å². The lowest BCUT2D eigenvalue weighted by Crippen LogP contribution is -2.30. The van der Waals surface area contributed by atoms with Crippen molar-refractivity contribution in [2.75, 3.05) is 0 Å². The highest BCUT2D eigenvalue weighted by Crippen LogP contribution is 2.25. The second-order valence-electron chi connectivity index (χ2n) is 8.28. The van der Waals surface area contributed by atoms with Crippen LogP contribution in [0.25, 0.3) is 6.08 Å². The molecule has 0 atom stereocenters. The zero-order chi connectivity index (χ0) is 20.8. The molecular weight excluding hydrogens is 360 g/mol. The van der Waals surface area contributed by atoms with Gasteiger partial charge in [-0.15, -0.1) is 0 Å². The lowest BCUT2D eigenvalue weighted by molar-refractivity contribution is 0.0694. The summed E-state index contributed by atoms with van der Waals surface area (Å²) in [7, 11) is 0. The van der Waals surface area contributed by atoms with Gasteiger partial charge < -0.3 is 15.0 Å². The Morgan fingerprint density at radius 1 is 1.10 bits per heavy atom. The molecule has 0 spiro atoms. The molecule has 0 radical (unpaired) electrons. The van der Waals surface area contributed by atoms with E-state index in [4.69, 9.17) is 0 Å². The van der Waals surface area contributed by atoms with Gasteiger partial charge in [-0.25, -0.2) is 4.79 Å². The second-order valence-corrected chi connectivity index (χ2v) is 8.28. The second kappa shape index (κ2) is 9.93. The summed E-state index contributed by atoms with van der Waals surface area (Å²) in [6.45, 7) is 9.08. The summed E-state index contributed by atoms with van der Waals surface area (Å²) in [4.78, 5) is 12.0. The topological polar surface area (TPSA) is 54.3 Å². The first-order valence-corrected chi connectivity index (χ1v) is 10.9. The zero-order valence-electron chi connectivity index (χ0n) is 17.8. The van der Waals surface area contributed by atoms with Crippen molar-refractivity contribution >= 4 is 12.0 Å².